The molecular formula is C12H24O7. The lowest BCUT2D eigenvalue weighted by Gasteiger charge is -2.34. The minimum Gasteiger partial charge on any atom is -0.388 e. The Kier molecular flexibility index (Phi) is 9.07. The fraction of sp³-hybridized carbons (Fsp3) is 0.917. The highest BCUT2D eigenvalue weighted by Gasteiger charge is 2.40. The van der Waals surface area contributed by atoms with Crippen molar-refractivity contribution < 1.29 is 34.0 Å². The first kappa shape index (κ1) is 18.4. The number of aliphatic hydroxyl groups excluding tert-OH is 2. The van der Waals surface area contributed by atoms with Gasteiger partial charge in [-0.25, -0.2) is 0 Å². The lowest BCUT2D eigenvalue weighted by molar-refractivity contribution is -0.176. The Labute approximate surface area is 113 Å². The fourth-order valence-electron chi connectivity index (χ4n) is 1.90. The summed E-state index contributed by atoms with van der Waals surface area (Å²) in [5.41, 5.74) is 0. The SMILES string of the molecule is COC[C@@H](O)[C@@H](OC)[C@H](OC)[C@@H](OC)C(O)C(C)=O. The second-order valence-electron chi connectivity index (χ2n) is 4.18. The number of carbonyl (C=O) groups excluding carboxylic acids is 1. The van der Waals surface area contributed by atoms with Crippen LogP contribution >= 0.6 is 0 Å². The van der Waals surface area contributed by atoms with Gasteiger partial charge < -0.3 is 29.2 Å². The standard InChI is InChI=1S/C12H24O7/c1-7(13)9(15)11(18-4)12(19-5)10(17-3)8(14)6-16-2/h8-12,14-15H,6H2,1-5H3/t8-,9?,10-,11+,12+/m1/s1. The highest BCUT2D eigenvalue weighted by atomic mass is 16.6. The summed E-state index contributed by atoms with van der Waals surface area (Å²) in [6.07, 6.45) is -4.90. The predicted molar refractivity (Wildman–Crippen MR) is 67.0 cm³/mol. The number of ketones is 1. The van der Waals surface area contributed by atoms with E-state index in [1.54, 1.807) is 0 Å². The van der Waals surface area contributed by atoms with E-state index in [1.807, 2.05) is 0 Å². The monoisotopic (exact) mass is 280 g/mol. The molecule has 0 spiro atoms. The number of ether oxygens (including phenoxy) is 4. The van der Waals surface area contributed by atoms with Gasteiger partial charge in [0.2, 0.25) is 0 Å². The van der Waals surface area contributed by atoms with Gasteiger partial charge in [-0.15, -0.1) is 0 Å². The average Bonchev–Trinajstić information content (AvgIpc) is 2.38. The largest absolute Gasteiger partial charge is 0.388 e. The van der Waals surface area contributed by atoms with Crippen molar-refractivity contribution in [1.82, 2.24) is 0 Å². The van der Waals surface area contributed by atoms with Gasteiger partial charge in [-0.2, -0.15) is 0 Å². The lowest BCUT2D eigenvalue weighted by Crippen LogP contribution is -2.54. The minimum absolute atomic E-state index is 0.0327. The number of carbonyl (C=O) groups is 1. The minimum atomic E-state index is -1.36. The van der Waals surface area contributed by atoms with Gasteiger partial charge in [-0.05, 0) is 6.92 Å². The molecule has 2 N–H and O–H groups in total. The number of Topliss-reactive ketones (excluding diaryl/α,β-unsaturated/α-hetero) is 1. The third-order valence-electron chi connectivity index (χ3n) is 2.91. The lowest BCUT2D eigenvalue weighted by atomic mass is 9.97. The van der Waals surface area contributed by atoms with E-state index in [9.17, 15) is 15.0 Å². The highest BCUT2D eigenvalue weighted by Crippen LogP contribution is 2.17. The van der Waals surface area contributed by atoms with Crippen molar-refractivity contribution in [3.05, 3.63) is 0 Å². The first-order valence-corrected chi connectivity index (χ1v) is 5.88. The van der Waals surface area contributed by atoms with Gasteiger partial charge in [0, 0.05) is 28.4 Å². The average molecular weight is 280 g/mol. The Morgan fingerprint density at radius 1 is 0.947 bits per heavy atom. The van der Waals surface area contributed by atoms with Crippen LogP contribution in [0.25, 0.3) is 0 Å². The molecule has 0 heterocycles. The summed E-state index contributed by atoms with van der Waals surface area (Å²) in [6.45, 7) is 1.28. The number of hydrogen-bond acceptors (Lipinski definition) is 7. The van der Waals surface area contributed by atoms with Crippen molar-refractivity contribution in [2.24, 2.45) is 0 Å². The molecular weight excluding hydrogens is 256 g/mol. The van der Waals surface area contributed by atoms with Crippen LogP contribution in [0.4, 0.5) is 0 Å². The Hall–Kier alpha value is -0.570. The third-order valence-corrected chi connectivity index (χ3v) is 2.91. The van der Waals surface area contributed by atoms with E-state index >= 15 is 0 Å². The van der Waals surface area contributed by atoms with E-state index in [0.29, 0.717) is 0 Å². The van der Waals surface area contributed by atoms with Gasteiger partial charge in [-0.1, -0.05) is 0 Å². The molecule has 0 aromatic heterocycles. The topological polar surface area (TPSA) is 94.5 Å². The molecule has 0 aliphatic heterocycles. The molecule has 0 aromatic rings. The van der Waals surface area contributed by atoms with Crippen molar-refractivity contribution in [2.45, 2.75) is 37.4 Å². The van der Waals surface area contributed by atoms with Crippen LogP contribution in [0.3, 0.4) is 0 Å². The Morgan fingerprint density at radius 3 is 1.74 bits per heavy atom. The Bertz CT molecular complexity index is 258. The van der Waals surface area contributed by atoms with Crippen LogP contribution in [0, 0.1) is 0 Å². The molecule has 0 aliphatic carbocycles. The summed E-state index contributed by atoms with van der Waals surface area (Å²) < 4.78 is 20.3. The summed E-state index contributed by atoms with van der Waals surface area (Å²) in [7, 11) is 5.56. The first-order valence-electron chi connectivity index (χ1n) is 5.88. The van der Waals surface area contributed by atoms with Crippen LogP contribution in [0.15, 0.2) is 0 Å². The van der Waals surface area contributed by atoms with Gasteiger partial charge >= 0.3 is 0 Å². The molecule has 0 radical (unpaired) electrons. The highest BCUT2D eigenvalue weighted by molar-refractivity contribution is 5.80. The zero-order chi connectivity index (χ0) is 15.0. The van der Waals surface area contributed by atoms with Crippen LogP contribution in [-0.2, 0) is 23.7 Å². The zero-order valence-electron chi connectivity index (χ0n) is 12.0. The van der Waals surface area contributed by atoms with E-state index in [-0.39, 0.29) is 6.61 Å². The molecule has 7 nitrogen and oxygen atoms in total. The van der Waals surface area contributed by atoms with E-state index in [4.69, 9.17) is 18.9 Å². The maximum absolute atomic E-state index is 11.3. The molecule has 0 fully saturated rings. The summed E-state index contributed by atoms with van der Waals surface area (Å²) in [5.74, 6) is -0.454. The van der Waals surface area contributed by atoms with Crippen molar-refractivity contribution >= 4 is 5.78 Å². The smallest absolute Gasteiger partial charge is 0.160 e. The number of methoxy groups -OCH3 is 4. The molecule has 19 heavy (non-hydrogen) atoms. The van der Waals surface area contributed by atoms with Gasteiger partial charge in [0.1, 0.15) is 30.5 Å². The molecule has 0 saturated carbocycles. The molecule has 0 bridgehead atoms. The summed E-state index contributed by atoms with van der Waals surface area (Å²) in [6, 6.07) is 0. The van der Waals surface area contributed by atoms with Crippen LogP contribution in [0.5, 0.6) is 0 Å². The summed E-state index contributed by atoms with van der Waals surface area (Å²) >= 11 is 0. The normalized spacial score (nSPS) is 19.5. The van der Waals surface area contributed by atoms with Crippen molar-refractivity contribution in [2.75, 3.05) is 35.0 Å². The molecule has 0 saturated heterocycles. The van der Waals surface area contributed by atoms with Crippen LogP contribution in [-0.4, -0.2) is 81.6 Å². The van der Waals surface area contributed by atoms with Gasteiger partial charge in [-0.3, -0.25) is 4.79 Å². The van der Waals surface area contributed by atoms with Crippen LogP contribution in [0.2, 0.25) is 0 Å². The molecule has 0 aromatic carbocycles. The number of hydrogen-bond donors (Lipinski definition) is 2. The second kappa shape index (κ2) is 9.35. The quantitative estimate of drug-likeness (QED) is 0.529. The van der Waals surface area contributed by atoms with E-state index in [0.717, 1.165) is 0 Å². The van der Waals surface area contributed by atoms with Crippen LogP contribution < -0.4 is 0 Å². The predicted octanol–water partition coefficient (Wildman–Crippen LogP) is -1.01. The third kappa shape index (κ3) is 5.13. The maximum Gasteiger partial charge on any atom is 0.160 e. The van der Waals surface area contributed by atoms with Crippen LogP contribution in [0.1, 0.15) is 6.92 Å². The zero-order valence-corrected chi connectivity index (χ0v) is 12.0. The maximum atomic E-state index is 11.3. The molecule has 114 valence electrons. The van der Waals surface area contributed by atoms with E-state index in [2.05, 4.69) is 0 Å². The molecule has 0 aliphatic rings. The van der Waals surface area contributed by atoms with Gasteiger partial charge in [0.25, 0.3) is 0 Å². The first-order chi connectivity index (χ1) is 8.94. The molecule has 7 heteroatoms. The fourth-order valence-corrected chi connectivity index (χ4v) is 1.90. The molecule has 5 atom stereocenters. The number of aliphatic hydroxyl groups is 2. The summed E-state index contributed by atoms with van der Waals surface area (Å²) in [4.78, 5) is 11.3. The van der Waals surface area contributed by atoms with E-state index < -0.39 is 36.3 Å². The van der Waals surface area contributed by atoms with Crippen molar-refractivity contribution in [1.29, 1.82) is 0 Å². The molecule has 0 rings (SSSR count). The van der Waals surface area contributed by atoms with E-state index in [1.165, 1.54) is 35.4 Å². The summed E-state index contributed by atoms with van der Waals surface area (Å²) in [5, 5.41) is 19.7. The Morgan fingerprint density at radius 2 is 1.42 bits per heavy atom. The molecule has 0 amide bonds. The van der Waals surface area contributed by atoms with Gasteiger partial charge in [0.05, 0.1) is 6.61 Å². The Balaban J connectivity index is 5.05. The molecule has 1 unspecified atom stereocenters. The second-order valence-corrected chi connectivity index (χ2v) is 4.18. The van der Waals surface area contributed by atoms with Gasteiger partial charge in [0.15, 0.2) is 5.78 Å². The van der Waals surface area contributed by atoms with Crippen molar-refractivity contribution in [3.8, 4) is 0 Å². The van der Waals surface area contributed by atoms with Crippen molar-refractivity contribution in [3.63, 3.8) is 0 Å². The number of rotatable bonds is 10.